The molecule has 1 N–H and O–H groups in total. The lowest BCUT2D eigenvalue weighted by atomic mass is 10.2. The van der Waals surface area contributed by atoms with Crippen molar-refractivity contribution in [2.45, 2.75) is 20.4 Å². The maximum absolute atomic E-state index is 10.8. The van der Waals surface area contributed by atoms with Crippen molar-refractivity contribution < 1.29 is 14.3 Å². The molecule has 1 rings (SSSR count). The van der Waals surface area contributed by atoms with Crippen LogP contribution < -0.4 is 0 Å². The van der Waals surface area contributed by atoms with E-state index in [0.717, 1.165) is 16.8 Å². The molecule has 0 aliphatic rings. The molecule has 0 amide bonds. The van der Waals surface area contributed by atoms with Crippen LogP contribution in [0.5, 0.6) is 0 Å². The molecule has 1 aromatic heterocycles. The van der Waals surface area contributed by atoms with Crippen LogP contribution in [-0.2, 0) is 11.3 Å². The van der Waals surface area contributed by atoms with Crippen LogP contribution in [0.2, 0.25) is 0 Å². The smallest absolute Gasteiger partial charge is 0.317 e. The number of halogens is 2. The monoisotopic (exact) mass is 367 g/mol. The van der Waals surface area contributed by atoms with E-state index >= 15 is 0 Å². The SMILES string of the molecule is CC(C)CN(CC(=O)O)Cc1cc(Br)c(Br)o1. The summed E-state index contributed by atoms with van der Waals surface area (Å²) in [4.78, 5) is 12.6. The molecule has 1 heterocycles. The van der Waals surface area contributed by atoms with E-state index in [2.05, 4.69) is 45.7 Å². The topological polar surface area (TPSA) is 53.7 Å². The standard InChI is InChI=1S/C11H15Br2NO3/c1-7(2)4-14(6-10(15)16)5-8-3-9(12)11(13)17-8/h3,7H,4-6H2,1-2H3,(H,15,16). The normalized spacial score (nSPS) is 11.4. The molecule has 0 atom stereocenters. The zero-order valence-electron chi connectivity index (χ0n) is 9.74. The number of hydrogen-bond donors (Lipinski definition) is 1. The predicted molar refractivity (Wildman–Crippen MR) is 71.9 cm³/mol. The van der Waals surface area contributed by atoms with Crippen molar-refractivity contribution in [2.75, 3.05) is 13.1 Å². The summed E-state index contributed by atoms with van der Waals surface area (Å²) in [6.07, 6.45) is 0. The highest BCUT2D eigenvalue weighted by Gasteiger charge is 2.15. The first-order chi connectivity index (χ1) is 7.88. The zero-order chi connectivity index (χ0) is 13.0. The van der Waals surface area contributed by atoms with Crippen molar-refractivity contribution in [1.29, 1.82) is 0 Å². The molecule has 0 spiro atoms. The molecule has 0 saturated carbocycles. The molecule has 0 bridgehead atoms. The van der Waals surface area contributed by atoms with E-state index in [0.29, 0.717) is 17.1 Å². The van der Waals surface area contributed by atoms with Gasteiger partial charge in [-0.1, -0.05) is 13.8 Å². The lowest BCUT2D eigenvalue weighted by molar-refractivity contribution is -0.138. The Labute approximate surface area is 117 Å². The van der Waals surface area contributed by atoms with Gasteiger partial charge in [-0.25, -0.2) is 0 Å². The number of carboxylic acids is 1. The Hall–Kier alpha value is -0.330. The number of rotatable bonds is 6. The summed E-state index contributed by atoms with van der Waals surface area (Å²) in [5.41, 5.74) is 0. The Kier molecular flexibility index (Phi) is 5.69. The van der Waals surface area contributed by atoms with E-state index in [1.807, 2.05) is 11.0 Å². The first-order valence-electron chi connectivity index (χ1n) is 5.26. The molecule has 0 aliphatic heterocycles. The van der Waals surface area contributed by atoms with Gasteiger partial charge in [-0.05, 0) is 43.8 Å². The lowest BCUT2D eigenvalue weighted by Gasteiger charge is -2.20. The Morgan fingerprint density at radius 3 is 2.59 bits per heavy atom. The van der Waals surface area contributed by atoms with Crippen molar-refractivity contribution in [1.82, 2.24) is 4.90 Å². The molecule has 96 valence electrons. The Bertz CT molecular complexity index is 371. The lowest BCUT2D eigenvalue weighted by Crippen LogP contribution is -2.32. The van der Waals surface area contributed by atoms with Gasteiger partial charge in [0.2, 0.25) is 0 Å². The fourth-order valence-corrected chi connectivity index (χ4v) is 2.24. The van der Waals surface area contributed by atoms with Gasteiger partial charge in [0.05, 0.1) is 17.6 Å². The number of carbonyl (C=O) groups is 1. The van der Waals surface area contributed by atoms with Crippen LogP contribution in [-0.4, -0.2) is 29.1 Å². The van der Waals surface area contributed by atoms with Gasteiger partial charge in [-0.15, -0.1) is 0 Å². The van der Waals surface area contributed by atoms with Crippen LogP contribution in [0, 0.1) is 5.92 Å². The minimum Gasteiger partial charge on any atom is -0.480 e. The third kappa shape index (κ3) is 5.23. The van der Waals surface area contributed by atoms with Gasteiger partial charge in [0.25, 0.3) is 0 Å². The average molecular weight is 369 g/mol. The predicted octanol–water partition coefficient (Wildman–Crippen LogP) is 3.35. The molecule has 0 radical (unpaired) electrons. The van der Waals surface area contributed by atoms with Gasteiger partial charge in [-0.2, -0.15) is 0 Å². The highest BCUT2D eigenvalue weighted by atomic mass is 79.9. The van der Waals surface area contributed by atoms with Crippen molar-refractivity contribution in [2.24, 2.45) is 5.92 Å². The number of carboxylic acid groups (broad SMARTS) is 1. The molecule has 17 heavy (non-hydrogen) atoms. The van der Waals surface area contributed by atoms with E-state index in [1.165, 1.54) is 0 Å². The summed E-state index contributed by atoms with van der Waals surface area (Å²) in [6, 6.07) is 1.85. The summed E-state index contributed by atoms with van der Waals surface area (Å²) in [5, 5.41) is 8.84. The summed E-state index contributed by atoms with van der Waals surface area (Å²) in [5.74, 6) is 0.331. The summed E-state index contributed by atoms with van der Waals surface area (Å²) in [7, 11) is 0. The van der Waals surface area contributed by atoms with Crippen LogP contribution in [0.25, 0.3) is 0 Å². The zero-order valence-corrected chi connectivity index (χ0v) is 12.9. The number of aliphatic carboxylic acids is 1. The van der Waals surface area contributed by atoms with Crippen molar-refractivity contribution >= 4 is 37.8 Å². The van der Waals surface area contributed by atoms with Gasteiger partial charge in [0, 0.05) is 6.54 Å². The Balaban J connectivity index is 2.67. The molecule has 0 unspecified atom stereocenters. The molecule has 0 aromatic carbocycles. The molecular weight excluding hydrogens is 354 g/mol. The molecular formula is C11H15Br2NO3. The van der Waals surface area contributed by atoms with E-state index in [4.69, 9.17) is 9.52 Å². The fourth-order valence-electron chi connectivity index (χ4n) is 1.58. The summed E-state index contributed by atoms with van der Waals surface area (Å²) >= 11 is 6.59. The molecule has 1 aromatic rings. The number of nitrogens with zero attached hydrogens (tertiary/aromatic N) is 1. The van der Waals surface area contributed by atoms with Crippen LogP contribution in [0.3, 0.4) is 0 Å². The van der Waals surface area contributed by atoms with Gasteiger partial charge in [0.1, 0.15) is 5.76 Å². The maximum atomic E-state index is 10.8. The second-order valence-electron chi connectivity index (χ2n) is 4.29. The third-order valence-corrected chi connectivity index (χ3v) is 3.77. The summed E-state index contributed by atoms with van der Waals surface area (Å²) in [6.45, 7) is 5.36. The minimum absolute atomic E-state index is 0.0219. The largest absolute Gasteiger partial charge is 0.480 e. The Morgan fingerprint density at radius 2 is 2.18 bits per heavy atom. The van der Waals surface area contributed by atoms with Gasteiger partial charge >= 0.3 is 5.97 Å². The van der Waals surface area contributed by atoms with Crippen molar-refractivity contribution in [3.63, 3.8) is 0 Å². The molecule has 6 heteroatoms. The van der Waals surface area contributed by atoms with Gasteiger partial charge in [-0.3, -0.25) is 9.69 Å². The van der Waals surface area contributed by atoms with Gasteiger partial charge in [0.15, 0.2) is 4.67 Å². The number of hydrogen-bond acceptors (Lipinski definition) is 3. The average Bonchev–Trinajstić information content (AvgIpc) is 2.42. The molecule has 0 aliphatic carbocycles. The first-order valence-corrected chi connectivity index (χ1v) is 6.85. The van der Waals surface area contributed by atoms with E-state index in [1.54, 1.807) is 0 Å². The number of furan rings is 1. The molecule has 0 fully saturated rings. The first kappa shape index (κ1) is 14.7. The van der Waals surface area contributed by atoms with Crippen LogP contribution in [0.15, 0.2) is 19.6 Å². The van der Waals surface area contributed by atoms with Crippen molar-refractivity contribution in [3.8, 4) is 0 Å². The van der Waals surface area contributed by atoms with Crippen LogP contribution >= 0.6 is 31.9 Å². The van der Waals surface area contributed by atoms with Crippen molar-refractivity contribution in [3.05, 3.63) is 21.0 Å². The molecule has 4 nitrogen and oxygen atoms in total. The Morgan fingerprint density at radius 1 is 1.53 bits per heavy atom. The van der Waals surface area contributed by atoms with E-state index in [9.17, 15) is 4.79 Å². The highest BCUT2D eigenvalue weighted by Crippen LogP contribution is 2.27. The van der Waals surface area contributed by atoms with Crippen LogP contribution in [0.4, 0.5) is 0 Å². The maximum Gasteiger partial charge on any atom is 0.317 e. The third-order valence-electron chi connectivity index (χ3n) is 2.06. The second-order valence-corrected chi connectivity index (χ2v) is 5.87. The van der Waals surface area contributed by atoms with E-state index in [-0.39, 0.29) is 6.54 Å². The minimum atomic E-state index is -0.824. The van der Waals surface area contributed by atoms with Gasteiger partial charge < -0.3 is 9.52 Å². The molecule has 0 saturated heterocycles. The second kappa shape index (κ2) is 6.56. The highest BCUT2D eigenvalue weighted by molar-refractivity contribution is 9.13. The summed E-state index contributed by atoms with van der Waals surface area (Å²) < 4.78 is 6.91. The van der Waals surface area contributed by atoms with Crippen LogP contribution in [0.1, 0.15) is 19.6 Å². The fraction of sp³-hybridized carbons (Fsp3) is 0.545. The quantitative estimate of drug-likeness (QED) is 0.836. The van der Waals surface area contributed by atoms with E-state index < -0.39 is 5.97 Å².